The molecule has 0 N–H and O–H groups in total. The zero-order chi connectivity index (χ0) is 10.8. The Bertz CT molecular complexity index is 461. The molecule has 0 aliphatic rings. The van der Waals surface area contributed by atoms with Crippen molar-refractivity contribution >= 4 is 27.3 Å². The Kier molecular flexibility index (Phi) is 3.17. The Hall–Kier alpha value is -0.740. The third-order valence-corrected chi connectivity index (χ3v) is 3.90. The van der Waals surface area contributed by atoms with E-state index >= 15 is 0 Å². The Morgan fingerprint density at radius 3 is 2.87 bits per heavy atom. The molecule has 0 saturated carbocycles. The van der Waals surface area contributed by atoms with Gasteiger partial charge in [0.05, 0.1) is 5.56 Å². The molecule has 4 heteroatoms. The van der Waals surface area contributed by atoms with Crippen LogP contribution in [0.15, 0.2) is 28.9 Å². The molecule has 15 heavy (non-hydrogen) atoms. The smallest absolute Gasteiger partial charge is 0.134 e. The van der Waals surface area contributed by atoms with Gasteiger partial charge in [-0.25, -0.2) is 9.37 Å². The predicted octanol–water partition coefficient (Wildman–Crippen LogP) is 4.27. The average Bonchev–Trinajstić information content (AvgIpc) is 2.66. The molecule has 2 rings (SSSR count). The van der Waals surface area contributed by atoms with Gasteiger partial charge >= 0.3 is 0 Å². The molecule has 1 aromatic carbocycles. The van der Waals surface area contributed by atoms with Crippen LogP contribution >= 0.6 is 27.3 Å². The van der Waals surface area contributed by atoms with Gasteiger partial charge in [0.1, 0.15) is 10.8 Å². The highest BCUT2D eigenvalue weighted by molar-refractivity contribution is 9.10. The second-order valence-corrected chi connectivity index (χ2v) is 5.05. The van der Waals surface area contributed by atoms with Crippen LogP contribution in [0, 0.1) is 5.82 Å². The van der Waals surface area contributed by atoms with E-state index < -0.39 is 0 Å². The first-order valence-electron chi connectivity index (χ1n) is 4.61. The number of rotatable bonds is 2. The second-order valence-electron chi connectivity index (χ2n) is 3.08. The van der Waals surface area contributed by atoms with Gasteiger partial charge in [0.2, 0.25) is 0 Å². The van der Waals surface area contributed by atoms with Crippen molar-refractivity contribution in [3.05, 3.63) is 39.6 Å². The maximum absolute atomic E-state index is 13.6. The number of aromatic nitrogens is 1. The van der Waals surface area contributed by atoms with Gasteiger partial charge in [0, 0.05) is 15.5 Å². The molecule has 0 unspecified atom stereocenters. The van der Waals surface area contributed by atoms with E-state index in [2.05, 4.69) is 27.8 Å². The molecular formula is C11H9BrFNS. The predicted molar refractivity (Wildman–Crippen MR) is 64.6 cm³/mol. The molecule has 0 saturated heterocycles. The second kappa shape index (κ2) is 4.41. The molecule has 0 spiro atoms. The lowest BCUT2D eigenvalue weighted by molar-refractivity contribution is 0.630. The van der Waals surface area contributed by atoms with Gasteiger partial charge in [-0.2, -0.15) is 0 Å². The van der Waals surface area contributed by atoms with E-state index in [1.807, 2.05) is 6.07 Å². The van der Waals surface area contributed by atoms with Crippen molar-refractivity contribution in [2.75, 3.05) is 0 Å². The van der Waals surface area contributed by atoms with Gasteiger partial charge in [-0.3, -0.25) is 0 Å². The largest absolute Gasteiger partial charge is 0.244 e. The summed E-state index contributed by atoms with van der Waals surface area (Å²) >= 11 is 4.87. The van der Waals surface area contributed by atoms with E-state index in [-0.39, 0.29) is 5.82 Å². The highest BCUT2D eigenvalue weighted by Crippen LogP contribution is 2.33. The van der Waals surface area contributed by atoms with E-state index in [0.717, 1.165) is 15.9 Å². The number of halogens is 2. The van der Waals surface area contributed by atoms with Crippen LogP contribution in [0.1, 0.15) is 11.8 Å². The molecule has 0 aliphatic heterocycles. The quantitative estimate of drug-likeness (QED) is 0.803. The molecule has 1 heterocycles. The van der Waals surface area contributed by atoms with Gasteiger partial charge in [0.15, 0.2) is 0 Å². The highest BCUT2D eigenvalue weighted by atomic mass is 79.9. The maximum Gasteiger partial charge on any atom is 0.134 e. The summed E-state index contributed by atoms with van der Waals surface area (Å²) in [6, 6.07) is 4.95. The number of aryl methyl sites for hydroxylation is 1. The van der Waals surface area contributed by atoms with Crippen LogP contribution in [0.2, 0.25) is 0 Å². The van der Waals surface area contributed by atoms with E-state index in [1.54, 1.807) is 12.3 Å². The van der Waals surface area contributed by atoms with E-state index in [0.29, 0.717) is 5.56 Å². The number of hydrogen-bond acceptors (Lipinski definition) is 2. The molecule has 0 radical (unpaired) electrons. The molecule has 0 fully saturated rings. The zero-order valence-corrected chi connectivity index (χ0v) is 10.5. The Labute approximate surface area is 100 Å². The van der Waals surface area contributed by atoms with Crippen LogP contribution < -0.4 is 0 Å². The molecule has 0 atom stereocenters. The summed E-state index contributed by atoms with van der Waals surface area (Å²) in [5.74, 6) is -0.235. The van der Waals surface area contributed by atoms with Crippen LogP contribution in [0.3, 0.4) is 0 Å². The van der Waals surface area contributed by atoms with Gasteiger partial charge in [-0.15, -0.1) is 11.3 Å². The molecular weight excluding hydrogens is 277 g/mol. The van der Waals surface area contributed by atoms with E-state index in [4.69, 9.17) is 0 Å². The summed E-state index contributed by atoms with van der Waals surface area (Å²) in [6.45, 7) is 2.06. The maximum atomic E-state index is 13.6. The fourth-order valence-electron chi connectivity index (χ4n) is 1.29. The Morgan fingerprint density at radius 1 is 1.47 bits per heavy atom. The first kappa shape index (κ1) is 10.8. The van der Waals surface area contributed by atoms with Gasteiger partial charge < -0.3 is 0 Å². The van der Waals surface area contributed by atoms with Crippen molar-refractivity contribution in [2.45, 2.75) is 13.3 Å². The summed E-state index contributed by atoms with van der Waals surface area (Å²) in [7, 11) is 0. The first-order chi connectivity index (χ1) is 7.22. The summed E-state index contributed by atoms with van der Waals surface area (Å²) in [5, 5.41) is 0.733. The minimum atomic E-state index is -0.235. The Balaban J connectivity index is 2.53. The summed E-state index contributed by atoms with van der Waals surface area (Å²) in [4.78, 5) is 5.39. The summed E-state index contributed by atoms with van der Waals surface area (Å²) < 4.78 is 14.3. The van der Waals surface area contributed by atoms with Crippen LogP contribution in [-0.4, -0.2) is 4.98 Å². The topological polar surface area (TPSA) is 12.9 Å². The third-order valence-electron chi connectivity index (χ3n) is 2.08. The minimum absolute atomic E-state index is 0.235. The van der Waals surface area contributed by atoms with Crippen LogP contribution in [0.5, 0.6) is 0 Å². The lowest BCUT2D eigenvalue weighted by Gasteiger charge is -2.01. The fraction of sp³-hybridized carbons (Fsp3) is 0.182. The molecule has 0 bridgehead atoms. The molecule has 1 aromatic heterocycles. The summed E-state index contributed by atoms with van der Waals surface area (Å²) in [5.41, 5.74) is 0.558. The number of hydrogen-bond donors (Lipinski definition) is 0. The van der Waals surface area contributed by atoms with Crippen molar-refractivity contribution in [1.82, 2.24) is 4.98 Å². The molecule has 2 aromatic rings. The van der Waals surface area contributed by atoms with Crippen molar-refractivity contribution in [3.8, 4) is 10.6 Å². The zero-order valence-electron chi connectivity index (χ0n) is 8.13. The van der Waals surface area contributed by atoms with Crippen molar-refractivity contribution in [3.63, 3.8) is 0 Å². The minimum Gasteiger partial charge on any atom is -0.244 e. The Morgan fingerprint density at radius 2 is 2.27 bits per heavy atom. The van der Waals surface area contributed by atoms with E-state index in [1.165, 1.54) is 22.3 Å². The van der Waals surface area contributed by atoms with Crippen LogP contribution in [-0.2, 0) is 6.42 Å². The molecule has 78 valence electrons. The van der Waals surface area contributed by atoms with Crippen molar-refractivity contribution < 1.29 is 4.39 Å². The monoisotopic (exact) mass is 285 g/mol. The normalized spacial score (nSPS) is 10.6. The SMILES string of the molecule is CCc1cnc(-c2c(F)cccc2Br)s1. The summed E-state index contributed by atoms with van der Waals surface area (Å²) in [6.07, 6.45) is 2.74. The lowest BCUT2D eigenvalue weighted by atomic mass is 10.2. The van der Waals surface area contributed by atoms with Crippen LogP contribution in [0.4, 0.5) is 4.39 Å². The fourth-order valence-corrected chi connectivity index (χ4v) is 2.86. The molecule has 0 amide bonds. The third kappa shape index (κ3) is 2.11. The van der Waals surface area contributed by atoms with Gasteiger partial charge in [-0.1, -0.05) is 13.0 Å². The van der Waals surface area contributed by atoms with E-state index in [9.17, 15) is 4.39 Å². The number of benzene rings is 1. The average molecular weight is 286 g/mol. The molecule has 1 nitrogen and oxygen atoms in total. The lowest BCUT2D eigenvalue weighted by Crippen LogP contribution is -1.84. The highest BCUT2D eigenvalue weighted by Gasteiger charge is 2.12. The standard InChI is InChI=1S/C11H9BrFNS/c1-2-7-6-14-11(15-7)10-8(12)4-3-5-9(10)13/h3-6H,2H2,1H3. The van der Waals surface area contributed by atoms with Crippen molar-refractivity contribution in [2.24, 2.45) is 0 Å². The van der Waals surface area contributed by atoms with Crippen molar-refractivity contribution in [1.29, 1.82) is 0 Å². The number of thiazole rings is 1. The first-order valence-corrected chi connectivity index (χ1v) is 6.22. The number of nitrogens with zero attached hydrogens (tertiary/aromatic N) is 1. The van der Waals surface area contributed by atoms with Gasteiger partial charge in [-0.05, 0) is 34.5 Å². The van der Waals surface area contributed by atoms with Crippen LogP contribution in [0.25, 0.3) is 10.6 Å². The molecule has 0 aliphatic carbocycles. The van der Waals surface area contributed by atoms with Gasteiger partial charge in [0.25, 0.3) is 0 Å².